The van der Waals surface area contributed by atoms with E-state index >= 15 is 0 Å². The SMILES string of the molecule is CCc1cc(CC(=O)CC2CNC2)n(CC)n1. The summed E-state index contributed by atoms with van der Waals surface area (Å²) in [6.07, 6.45) is 2.18. The Hall–Kier alpha value is -1.16. The molecule has 94 valence electrons. The van der Waals surface area contributed by atoms with Gasteiger partial charge in [0.2, 0.25) is 0 Å². The van der Waals surface area contributed by atoms with E-state index in [1.807, 2.05) is 4.68 Å². The summed E-state index contributed by atoms with van der Waals surface area (Å²) in [6, 6.07) is 2.07. The Morgan fingerprint density at radius 3 is 2.82 bits per heavy atom. The normalized spacial score (nSPS) is 15.9. The number of Topliss-reactive ketones (excluding diaryl/α,β-unsaturated/α-hetero) is 1. The van der Waals surface area contributed by atoms with Gasteiger partial charge in [-0.05, 0) is 38.4 Å². The second kappa shape index (κ2) is 5.45. The van der Waals surface area contributed by atoms with Crippen LogP contribution in [0.25, 0.3) is 0 Å². The third-order valence-electron chi connectivity index (χ3n) is 3.34. The lowest BCUT2D eigenvalue weighted by Crippen LogP contribution is -2.43. The Labute approximate surface area is 102 Å². The molecule has 0 saturated carbocycles. The zero-order chi connectivity index (χ0) is 12.3. The average molecular weight is 235 g/mol. The van der Waals surface area contributed by atoms with Crippen molar-refractivity contribution >= 4 is 5.78 Å². The van der Waals surface area contributed by atoms with E-state index in [4.69, 9.17) is 0 Å². The van der Waals surface area contributed by atoms with E-state index in [9.17, 15) is 4.79 Å². The summed E-state index contributed by atoms with van der Waals surface area (Å²) in [7, 11) is 0. The lowest BCUT2D eigenvalue weighted by molar-refractivity contribution is -0.119. The topological polar surface area (TPSA) is 46.9 Å². The van der Waals surface area contributed by atoms with Crippen LogP contribution >= 0.6 is 0 Å². The third-order valence-corrected chi connectivity index (χ3v) is 3.34. The first-order valence-corrected chi connectivity index (χ1v) is 6.51. The van der Waals surface area contributed by atoms with Crippen LogP contribution in [0.5, 0.6) is 0 Å². The molecule has 2 heterocycles. The number of rotatable bonds is 6. The summed E-state index contributed by atoms with van der Waals surface area (Å²) >= 11 is 0. The van der Waals surface area contributed by atoms with Crippen LogP contribution in [0, 0.1) is 5.92 Å². The molecule has 4 heteroatoms. The van der Waals surface area contributed by atoms with E-state index in [1.165, 1.54) is 0 Å². The van der Waals surface area contributed by atoms with Gasteiger partial charge >= 0.3 is 0 Å². The van der Waals surface area contributed by atoms with E-state index in [-0.39, 0.29) is 0 Å². The van der Waals surface area contributed by atoms with Gasteiger partial charge in [-0.25, -0.2) is 0 Å². The summed E-state index contributed by atoms with van der Waals surface area (Å²) in [5.41, 5.74) is 2.15. The van der Waals surface area contributed by atoms with Gasteiger partial charge in [-0.15, -0.1) is 0 Å². The molecule has 1 fully saturated rings. The zero-order valence-corrected chi connectivity index (χ0v) is 10.7. The van der Waals surface area contributed by atoms with Crippen LogP contribution in [0.3, 0.4) is 0 Å². The first kappa shape index (κ1) is 12.3. The van der Waals surface area contributed by atoms with E-state index in [2.05, 4.69) is 30.3 Å². The third kappa shape index (κ3) is 2.94. The fourth-order valence-corrected chi connectivity index (χ4v) is 2.19. The van der Waals surface area contributed by atoms with Crippen molar-refractivity contribution in [3.8, 4) is 0 Å². The molecule has 1 N–H and O–H groups in total. The van der Waals surface area contributed by atoms with Crippen molar-refractivity contribution in [3.63, 3.8) is 0 Å². The van der Waals surface area contributed by atoms with Crippen molar-refractivity contribution in [1.29, 1.82) is 0 Å². The quantitative estimate of drug-likeness (QED) is 0.805. The van der Waals surface area contributed by atoms with Crippen molar-refractivity contribution in [2.45, 2.75) is 39.7 Å². The minimum atomic E-state index is 0.341. The van der Waals surface area contributed by atoms with E-state index < -0.39 is 0 Å². The number of carbonyl (C=O) groups excluding carboxylic acids is 1. The maximum absolute atomic E-state index is 11.9. The summed E-state index contributed by atoms with van der Waals surface area (Å²) in [5.74, 6) is 0.903. The number of nitrogens with zero attached hydrogens (tertiary/aromatic N) is 2. The van der Waals surface area contributed by atoms with Crippen LogP contribution < -0.4 is 5.32 Å². The monoisotopic (exact) mass is 235 g/mol. The number of aryl methyl sites for hydroxylation is 2. The van der Waals surface area contributed by atoms with Crippen LogP contribution in [0.4, 0.5) is 0 Å². The molecule has 0 bridgehead atoms. The lowest BCUT2D eigenvalue weighted by atomic mass is 9.95. The average Bonchev–Trinajstić information content (AvgIpc) is 2.66. The summed E-state index contributed by atoms with van der Waals surface area (Å²) in [5, 5.41) is 7.66. The highest BCUT2D eigenvalue weighted by Crippen LogP contribution is 2.13. The fraction of sp³-hybridized carbons (Fsp3) is 0.692. The molecule has 1 saturated heterocycles. The van der Waals surface area contributed by atoms with Crippen LogP contribution in [0.15, 0.2) is 6.07 Å². The molecule has 0 amide bonds. The number of hydrogen-bond donors (Lipinski definition) is 1. The second-order valence-electron chi connectivity index (χ2n) is 4.74. The van der Waals surface area contributed by atoms with E-state index in [1.54, 1.807) is 0 Å². The fourth-order valence-electron chi connectivity index (χ4n) is 2.19. The minimum Gasteiger partial charge on any atom is -0.316 e. The van der Waals surface area contributed by atoms with Gasteiger partial charge in [-0.1, -0.05) is 6.92 Å². The van der Waals surface area contributed by atoms with Gasteiger partial charge in [0.1, 0.15) is 5.78 Å². The Morgan fingerprint density at radius 2 is 2.29 bits per heavy atom. The van der Waals surface area contributed by atoms with E-state index in [0.29, 0.717) is 24.5 Å². The smallest absolute Gasteiger partial charge is 0.139 e. The van der Waals surface area contributed by atoms with Crippen LogP contribution in [0.2, 0.25) is 0 Å². The molecule has 1 aromatic rings. The highest BCUT2D eigenvalue weighted by atomic mass is 16.1. The zero-order valence-electron chi connectivity index (χ0n) is 10.7. The molecule has 1 aliphatic heterocycles. The second-order valence-corrected chi connectivity index (χ2v) is 4.74. The predicted octanol–water partition coefficient (Wildman–Crippen LogP) is 1.19. The molecule has 0 radical (unpaired) electrons. The number of carbonyl (C=O) groups is 1. The van der Waals surface area contributed by atoms with Crippen LogP contribution in [-0.2, 0) is 24.2 Å². The van der Waals surface area contributed by atoms with Crippen molar-refractivity contribution in [2.24, 2.45) is 5.92 Å². The maximum atomic E-state index is 11.9. The van der Waals surface area contributed by atoms with Gasteiger partial charge in [0, 0.05) is 25.1 Å². The van der Waals surface area contributed by atoms with Crippen molar-refractivity contribution in [3.05, 3.63) is 17.5 Å². The molecule has 4 nitrogen and oxygen atoms in total. The van der Waals surface area contributed by atoms with Gasteiger partial charge < -0.3 is 5.32 Å². The molecule has 1 aliphatic rings. The maximum Gasteiger partial charge on any atom is 0.139 e. The van der Waals surface area contributed by atoms with Crippen LogP contribution in [0.1, 0.15) is 31.7 Å². The molecule has 0 atom stereocenters. The Kier molecular flexibility index (Phi) is 3.94. The molecule has 1 aromatic heterocycles. The molecule has 0 unspecified atom stereocenters. The molecule has 2 rings (SSSR count). The largest absolute Gasteiger partial charge is 0.316 e. The van der Waals surface area contributed by atoms with Gasteiger partial charge in [0.05, 0.1) is 5.69 Å². The molecular weight excluding hydrogens is 214 g/mol. The standard InChI is InChI=1S/C13H21N3O/c1-3-11-6-12(16(4-2)15-11)7-13(17)5-10-8-14-9-10/h6,10,14H,3-5,7-9H2,1-2H3. The first-order valence-electron chi connectivity index (χ1n) is 6.51. The predicted molar refractivity (Wildman–Crippen MR) is 67.0 cm³/mol. The highest BCUT2D eigenvalue weighted by molar-refractivity contribution is 5.80. The summed E-state index contributed by atoms with van der Waals surface area (Å²) in [6.45, 7) is 7.00. The van der Waals surface area contributed by atoms with Crippen molar-refractivity contribution < 1.29 is 4.79 Å². The lowest BCUT2D eigenvalue weighted by Gasteiger charge is -2.26. The first-order chi connectivity index (χ1) is 8.22. The molecule has 0 aliphatic carbocycles. The Bertz CT molecular complexity index is 393. The number of aromatic nitrogens is 2. The Balaban J connectivity index is 1.96. The van der Waals surface area contributed by atoms with Gasteiger partial charge in [-0.3, -0.25) is 9.48 Å². The van der Waals surface area contributed by atoms with Gasteiger partial charge in [-0.2, -0.15) is 5.10 Å². The minimum absolute atomic E-state index is 0.341. The van der Waals surface area contributed by atoms with Crippen LogP contribution in [-0.4, -0.2) is 28.7 Å². The number of nitrogens with one attached hydrogen (secondary N) is 1. The summed E-state index contributed by atoms with van der Waals surface area (Å²) < 4.78 is 1.95. The van der Waals surface area contributed by atoms with Crippen molar-refractivity contribution in [2.75, 3.05) is 13.1 Å². The van der Waals surface area contributed by atoms with E-state index in [0.717, 1.165) is 37.4 Å². The Morgan fingerprint density at radius 1 is 1.53 bits per heavy atom. The molecule has 0 aromatic carbocycles. The molecular formula is C13H21N3O. The van der Waals surface area contributed by atoms with Gasteiger partial charge in [0.15, 0.2) is 0 Å². The molecule has 0 spiro atoms. The number of ketones is 1. The van der Waals surface area contributed by atoms with Crippen molar-refractivity contribution in [1.82, 2.24) is 15.1 Å². The molecule has 17 heavy (non-hydrogen) atoms. The summed E-state index contributed by atoms with van der Waals surface area (Å²) in [4.78, 5) is 11.9. The highest BCUT2D eigenvalue weighted by Gasteiger charge is 2.21. The van der Waals surface area contributed by atoms with Gasteiger partial charge in [0.25, 0.3) is 0 Å². The number of hydrogen-bond acceptors (Lipinski definition) is 3.